The summed E-state index contributed by atoms with van der Waals surface area (Å²) in [5, 5.41) is 3.48. The molecule has 4 heteroatoms. The zero-order valence-electron chi connectivity index (χ0n) is 8.49. The van der Waals surface area contributed by atoms with Crippen molar-refractivity contribution < 1.29 is 4.39 Å². The van der Waals surface area contributed by atoms with Gasteiger partial charge in [-0.2, -0.15) is 0 Å². The maximum atomic E-state index is 13.0. The van der Waals surface area contributed by atoms with Crippen molar-refractivity contribution in [2.24, 2.45) is 5.92 Å². The lowest BCUT2D eigenvalue weighted by molar-refractivity contribution is 0.556. The van der Waals surface area contributed by atoms with Gasteiger partial charge in [0.05, 0.1) is 18.1 Å². The molecule has 0 spiro atoms. The Kier molecular flexibility index (Phi) is 2.09. The van der Waals surface area contributed by atoms with Crippen molar-refractivity contribution in [1.29, 1.82) is 0 Å². The van der Waals surface area contributed by atoms with Crippen LogP contribution in [0.15, 0.2) is 18.5 Å². The molecule has 3 nitrogen and oxygen atoms in total. The van der Waals surface area contributed by atoms with Crippen molar-refractivity contribution in [3.63, 3.8) is 0 Å². The molecule has 2 saturated heterocycles. The highest BCUT2D eigenvalue weighted by Crippen LogP contribution is 2.28. The lowest BCUT2D eigenvalue weighted by Crippen LogP contribution is -2.30. The average molecular weight is 207 g/mol. The van der Waals surface area contributed by atoms with Gasteiger partial charge in [-0.25, -0.2) is 4.39 Å². The third-order valence-corrected chi connectivity index (χ3v) is 3.42. The minimum Gasteiger partial charge on any atom is -0.368 e. The van der Waals surface area contributed by atoms with E-state index >= 15 is 0 Å². The van der Waals surface area contributed by atoms with E-state index in [4.69, 9.17) is 0 Å². The first-order valence-electron chi connectivity index (χ1n) is 5.42. The average Bonchev–Trinajstić information content (AvgIpc) is 2.76. The Hall–Kier alpha value is -1.16. The summed E-state index contributed by atoms with van der Waals surface area (Å²) in [6.45, 7) is 3.14. The Balaban J connectivity index is 1.79. The van der Waals surface area contributed by atoms with Crippen molar-refractivity contribution >= 4 is 5.69 Å². The van der Waals surface area contributed by atoms with Crippen molar-refractivity contribution in [3.05, 3.63) is 24.3 Å². The summed E-state index contributed by atoms with van der Waals surface area (Å²) in [4.78, 5) is 6.11. The highest BCUT2D eigenvalue weighted by Gasteiger charge is 2.35. The molecule has 0 bridgehead atoms. The number of nitrogens with zero attached hydrogens (tertiary/aromatic N) is 2. The molecular weight excluding hydrogens is 193 g/mol. The van der Waals surface area contributed by atoms with Crippen molar-refractivity contribution in [2.45, 2.75) is 12.5 Å². The van der Waals surface area contributed by atoms with Gasteiger partial charge in [-0.1, -0.05) is 0 Å². The van der Waals surface area contributed by atoms with Gasteiger partial charge in [-0.15, -0.1) is 0 Å². The van der Waals surface area contributed by atoms with E-state index in [0.717, 1.165) is 31.2 Å². The molecule has 1 aromatic rings. The molecule has 0 unspecified atom stereocenters. The Morgan fingerprint density at radius 2 is 2.33 bits per heavy atom. The Labute approximate surface area is 88.3 Å². The van der Waals surface area contributed by atoms with E-state index in [1.807, 2.05) is 0 Å². The molecule has 80 valence electrons. The lowest BCUT2D eigenvalue weighted by atomic mass is 10.1. The Bertz CT molecular complexity index is 357. The molecule has 0 amide bonds. The third-order valence-electron chi connectivity index (χ3n) is 3.42. The summed E-state index contributed by atoms with van der Waals surface area (Å²) < 4.78 is 13.0. The molecule has 2 aliphatic rings. The van der Waals surface area contributed by atoms with Crippen LogP contribution in [0.3, 0.4) is 0 Å². The summed E-state index contributed by atoms with van der Waals surface area (Å²) in [6, 6.07) is 2.15. The van der Waals surface area contributed by atoms with E-state index in [2.05, 4.69) is 15.2 Å². The minimum atomic E-state index is -0.252. The van der Waals surface area contributed by atoms with Crippen LogP contribution in [0.2, 0.25) is 0 Å². The predicted octanol–water partition coefficient (Wildman–Crippen LogP) is 1.02. The number of rotatable bonds is 1. The van der Waals surface area contributed by atoms with Crippen LogP contribution in [0.25, 0.3) is 0 Å². The Morgan fingerprint density at radius 3 is 3.13 bits per heavy atom. The van der Waals surface area contributed by atoms with E-state index in [1.165, 1.54) is 12.6 Å². The SMILES string of the molecule is Fc1cncc(N2C[C@@H]3CCN[C@@H]3C2)c1. The monoisotopic (exact) mass is 207 g/mol. The fourth-order valence-electron chi connectivity index (χ4n) is 2.63. The van der Waals surface area contributed by atoms with Gasteiger partial charge < -0.3 is 10.2 Å². The second kappa shape index (κ2) is 3.45. The van der Waals surface area contributed by atoms with E-state index in [1.54, 1.807) is 12.3 Å². The molecule has 15 heavy (non-hydrogen) atoms. The first kappa shape index (κ1) is 9.09. The van der Waals surface area contributed by atoms with Gasteiger partial charge in [-0.05, 0) is 18.9 Å². The van der Waals surface area contributed by atoms with Gasteiger partial charge in [0.25, 0.3) is 0 Å². The van der Waals surface area contributed by atoms with Crippen LogP contribution < -0.4 is 10.2 Å². The lowest BCUT2D eigenvalue weighted by Gasteiger charge is -2.18. The zero-order valence-corrected chi connectivity index (χ0v) is 8.49. The number of hydrogen-bond acceptors (Lipinski definition) is 3. The molecule has 0 aromatic carbocycles. The van der Waals surface area contributed by atoms with Gasteiger partial charge in [-0.3, -0.25) is 4.98 Å². The minimum absolute atomic E-state index is 0.252. The smallest absolute Gasteiger partial charge is 0.143 e. The second-order valence-corrected chi connectivity index (χ2v) is 4.38. The van der Waals surface area contributed by atoms with Crippen molar-refractivity contribution in [3.8, 4) is 0 Å². The summed E-state index contributed by atoms with van der Waals surface area (Å²) in [6.07, 6.45) is 4.23. The summed E-state index contributed by atoms with van der Waals surface area (Å²) >= 11 is 0. The fourth-order valence-corrected chi connectivity index (χ4v) is 2.63. The van der Waals surface area contributed by atoms with Crippen molar-refractivity contribution in [1.82, 2.24) is 10.3 Å². The number of hydrogen-bond donors (Lipinski definition) is 1. The summed E-state index contributed by atoms with van der Waals surface area (Å²) in [7, 11) is 0. The first-order chi connectivity index (χ1) is 7.33. The predicted molar refractivity (Wildman–Crippen MR) is 56.3 cm³/mol. The molecule has 0 radical (unpaired) electrons. The van der Waals surface area contributed by atoms with Crippen molar-refractivity contribution in [2.75, 3.05) is 24.5 Å². The van der Waals surface area contributed by atoms with Gasteiger partial charge in [0.2, 0.25) is 0 Å². The third kappa shape index (κ3) is 1.59. The number of aromatic nitrogens is 1. The van der Waals surface area contributed by atoms with Gasteiger partial charge in [0, 0.05) is 25.2 Å². The van der Waals surface area contributed by atoms with Gasteiger partial charge in [0.15, 0.2) is 0 Å². The standard InChI is InChI=1S/C11H14FN3/c12-9-3-10(5-13-4-9)15-6-8-1-2-14-11(8)7-15/h3-5,8,11,14H,1-2,6-7H2/t8-,11+/m0/s1. The summed E-state index contributed by atoms with van der Waals surface area (Å²) in [5.41, 5.74) is 0.909. The van der Waals surface area contributed by atoms with Crippen LogP contribution in [0.5, 0.6) is 0 Å². The van der Waals surface area contributed by atoms with Gasteiger partial charge in [0.1, 0.15) is 5.82 Å². The normalized spacial score (nSPS) is 29.5. The molecule has 3 rings (SSSR count). The number of fused-ring (bicyclic) bond motifs is 1. The number of halogens is 1. The maximum Gasteiger partial charge on any atom is 0.143 e. The highest BCUT2D eigenvalue weighted by atomic mass is 19.1. The molecule has 0 saturated carbocycles. The van der Waals surface area contributed by atoms with Crippen LogP contribution in [0, 0.1) is 11.7 Å². The molecule has 3 heterocycles. The quantitative estimate of drug-likeness (QED) is 0.745. The van der Waals surface area contributed by atoms with Gasteiger partial charge >= 0.3 is 0 Å². The van der Waals surface area contributed by atoms with Crippen LogP contribution >= 0.6 is 0 Å². The molecule has 2 atom stereocenters. The van der Waals surface area contributed by atoms with E-state index < -0.39 is 0 Å². The topological polar surface area (TPSA) is 28.2 Å². The highest BCUT2D eigenvalue weighted by molar-refractivity contribution is 5.46. The van der Waals surface area contributed by atoms with Crippen LogP contribution in [-0.2, 0) is 0 Å². The van der Waals surface area contributed by atoms with Crippen LogP contribution in [-0.4, -0.2) is 30.7 Å². The van der Waals surface area contributed by atoms with E-state index in [0.29, 0.717) is 6.04 Å². The van der Waals surface area contributed by atoms with E-state index in [9.17, 15) is 4.39 Å². The van der Waals surface area contributed by atoms with E-state index in [-0.39, 0.29) is 5.82 Å². The van der Waals surface area contributed by atoms with Crippen LogP contribution in [0.4, 0.5) is 10.1 Å². The Morgan fingerprint density at radius 1 is 1.40 bits per heavy atom. The van der Waals surface area contributed by atoms with Crippen LogP contribution in [0.1, 0.15) is 6.42 Å². The zero-order chi connectivity index (χ0) is 10.3. The summed E-state index contributed by atoms with van der Waals surface area (Å²) in [5.74, 6) is 0.478. The number of nitrogens with one attached hydrogen (secondary N) is 1. The molecule has 0 aliphatic carbocycles. The second-order valence-electron chi connectivity index (χ2n) is 4.38. The molecule has 1 aromatic heterocycles. The number of pyridine rings is 1. The fraction of sp³-hybridized carbons (Fsp3) is 0.545. The molecule has 2 fully saturated rings. The maximum absolute atomic E-state index is 13.0. The first-order valence-corrected chi connectivity index (χ1v) is 5.42. The molecule has 1 N–H and O–H groups in total. The molecule has 2 aliphatic heterocycles. The molecular formula is C11H14FN3. The number of anilines is 1. The largest absolute Gasteiger partial charge is 0.368 e.